The van der Waals surface area contributed by atoms with E-state index in [1.165, 1.54) is 13.2 Å². The summed E-state index contributed by atoms with van der Waals surface area (Å²) in [4.78, 5) is 0. The van der Waals surface area contributed by atoms with Crippen molar-refractivity contribution in [2.75, 3.05) is 12.8 Å². The van der Waals surface area contributed by atoms with Crippen molar-refractivity contribution in [1.29, 1.82) is 0 Å². The number of anilines is 1. The maximum Gasteiger partial charge on any atom is 0.136 e. The number of rotatable bonds is 3. The molecule has 0 amide bonds. The van der Waals surface area contributed by atoms with E-state index in [0.717, 1.165) is 9.26 Å². The molecule has 1 heterocycles. The van der Waals surface area contributed by atoms with Crippen molar-refractivity contribution in [3.8, 4) is 5.75 Å². The number of nitrogens with two attached hydrogens (primary N) is 1. The monoisotopic (exact) mass is 375 g/mol. The number of methoxy groups -OCH3 is 1. The van der Waals surface area contributed by atoms with Gasteiger partial charge in [0.2, 0.25) is 0 Å². The number of halogens is 2. The number of ether oxygens (including phenoxy) is 1. The molecule has 6 heteroatoms. The Morgan fingerprint density at radius 2 is 2.16 bits per heavy atom. The summed E-state index contributed by atoms with van der Waals surface area (Å²) < 4.78 is 21.8. The van der Waals surface area contributed by atoms with Crippen LogP contribution in [-0.4, -0.2) is 16.9 Å². The van der Waals surface area contributed by atoms with E-state index in [1.807, 2.05) is 13.8 Å². The van der Waals surface area contributed by atoms with Crippen LogP contribution in [-0.2, 0) is 0 Å². The molecule has 0 radical (unpaired) electrons. The number of aromatic nitrogens is 2. The van der Waals surface area contributed by atoms with E-state index in [-0.39, 0.29) is 11.9 Å². The van der Waals surface area contributed by atoms with Gasteiger partial charge in [-0.1, -0.05) is 6.07 Å². The molecule has 2 N–H and O–H groups in total. The average Bonchev–Trinajstić information content (AvgIpc) is 2.65. The van der Waals surface area contributed by atoms with Crippen molar-refractivity contribution in [2.45, 2.75) is 19.9 Å². The molecule has 102 valence electrons. The molecule has 0 aliphatic carbocycles. The lowest BCUT2D eigenvalue weighted by Crippen LogP contribution is -2.14. The summed E-state index contributed by atoms with van der Waals surface area (Å²) in [6.45, 7) is 3.72. The minimum Gasteiger partial charge on any atom is -0.496 e. The molecule has 0 spiro atoms. The largest absolute Gasteiger partial charge is 0.496 e. The van der Waals surface area contributed by atoms with Crippen LogP contribution < -0.4 is 10.5 Å². The van der Waals surface area contributed by atoms with Crippen LogP contribution in [0.25, 0.3) is 0 Å². The van der Waals surface area contributed by atoms with E-state index in [4.69, 9.17) is 10.5 Å². The zero-order valence-electron chi connectivity index (χ0n) is 10.9. The number of aryl methyl sites for hydroxylation is 1. The normalized spacial score (nSPS) is 12.5. The summed E-state index contributed by atoms with van der Waals surface area (Å²) in [7, 11) is 1.52. The number of hydrogen-bond donors (Lipinski definition) is 1. The molecule has 1 unspecified atom stereocenters. The Morgan fingerprint density at radius 1 is 1.47 bits per heavy atom. The minimum atomic E-state index is -0.335. The topological polar surface area (TPSA) is 53.1 Å². The molecule has 0 aliphatic rings. The zero-order valence-corrected chi connectivity index (χ0v) is 13.1. The van der Waals surface area contributed by atoms with Gasteiger partial charge in [0, 0.05) is 0 Å². The van der Waals surface area contributed by atoms with Crippen molar-refractivity contribution in [3.63, 3.8) is 0 Å². The summed E-state index contributed by atoms with van der Waals surface area (Å²) in [5.74, 6) is 0.709. The van der Waals surface area contributed by atoms with Gasteiger partial charge >= 0.3 is 0 Å². The molecule has 0 saturated heterocycles. The van der Waals surface area contributed by atoms with Gasteiger partial charge in [0.1, 0.15) is 17.4 Å². The molecule has 0 fully saturated rings. The van der Waals surface area contributed by atoms with Gasteiger partial charge in [-0.25, -0.2) is 9.07 Å². The molecule has 2 aromatic rings. The summed E-state index contributed by atoms with van der Waals surface area (Å²) in [6.07, 6.45) is 0. The molecule has 2 rings (SSSR count). The highest BCUT2D eigenvalue weighted by molar-refractivity contribution is 14.1. The van der Waals surface area contributed by atoms with Gasteiger partial charge in [0.15, 0.2) is 0 Å². The first-order valence-electron chi connectivity index (χ1n) is 5.79. The second kappa shape index (κ2) is 5.36. The maximum absolute atomic E-state index is 14.0. The highest BCUT2D eigenvalue weighted by Crippen LogP contribution is 2.32. The van der Waals surface area contributed by atoms with Crippen LogP contribution in [0.1, 0.15) is 24.2 Å². The molecule has 0 saturated carbocycles. The number of benzene rings is 1. The van der Waals surface area contributed by atoms with E-state index in [1.54, 1.807) is 16.8 Å². The van der Waals surface area contributed by atoms with E-state index < -0.39 is 0 Å². The molecular formula is C13H15FIN3O. The molecule has 19 heavy (non-hydrogen) atoms. The highest BCUT2D eigenvalue weighted by Gasteiger charge is 2.22. The van der Waals surface area contributed by atoms with Crippen LogP contribution in [0.5, 0.6) is 5.75 Å². The van der Waals surface area contributed by atoms with Crippen molar-refractivity contribution >= 4 is 28.4 Å². The number of hydrogen-bond acceptors (Lipinski definition) is 3. The van der Waals surface area contributed by atoms with Crippen molar-refractivity contribution in [2.24, 2.45) is 0 Å². The van der Waals surface area contributed by atoms with Crippen LogP contribution in [0.3, 0.4) is 0 Å². The third kappa shape index (κ3) is 2.41. The van der Waals surface area contributed by atoms with Crippen LogP contribution in [0.4, 0.5) is 10.2 Å². The van der Waals surface area contributed by atoms with Crippen molar-refractivity contribution in [3.05, 3.63) is 38.8 Å². The summed E-state index contributed by atoms with van der Waals surface area (Å²) in [5, 5.41) is 4.36. The van der Waals surface area contributed by atoms with E-state index in [0.29, 0.717) is 17.1 Å². The number of nitrogen functional groups attached to an aromatic ring is 1. The van der Waals surface area contributed by atoms with Crippen LogP contribution in [0, 0.1) is 16.3 Å². The lowest BCUT2D eigenvalue weighted by molar-refractivity contribution is 0.393. The molecule has 1 aromatic heterocycles. The fourth-order valence-electron chi connectivity index (χ4n) is 2.06. The van der Waals surface area contributed by atoms with Gasteiger partial charge in [-0.05, 0) is 48.6 Å². The Kier molecular flexibility index (Phi) is 3.98. The molecule has 1 aromatic carbocycles. The van der Waals surface area contributed by atoms with E-state index in [9.17, 15) is 4.39 Å². The van der Waals surface area contributed by atoms with Gasteiger partial charge in [-0.2, -0.15) is 5.10 Å². The molecular weight excluding hydrogens is 360 g/mol. The molecule has 4 nitrogen and oxygen atoms in total. The van der Waals surface area contributed by atoms with Crippen molar-refractivity contribution < 1.29 is 9.13 Å². The summed E-state index contributed by atoms with van der Waals surface area (Å²) in [6, 6.07) is 4.42. The minimum absolute atomic E-state index is 0.325. The second-order valence-corrected chi connectivity index (χ2v) is 5.34. The molecule has 1 atom stereocenters. The maximum atomic E-state index is 14.0. The molecule has 0 bridgehead atoms. The second-order valence-electron chi connectivity index (χ2n) is 4.26. The lowest BCUT2D eigenvalue weighted by Gasteiger charge is -2.18. The van der Waals surface area contributed by atoms with E-state index in [2.05, 4.69) is 27.7 Å². The Bertz CT molecular complexity index is 612. The first kappa shape index (κ1) is 14.1. The molecule has 0 aliphatic heterocycles. The van der Waals surface area contributed by atoms with Gasteiger partial charge in [-0.15, -0.1) is 0 Å². The lowest BCUT2D eigenvalue weighted by atomic mass is 10.1. The first-order chi connectivity index (χ1) is 8.97. The first-order valence-corrected chi connectivity index (χ1v) is 6.87. The Morgan fingerprint density at radius 3 is 2.68 bits per heavy atom. The quantitative estimate of drug-likeness (QED) is 0.839. The summed E-state index contributed by atoms with van der Waals surface area (Å²) in [5.41, 5.74) is 7.30. The third-order valence-electron chi connectivity index (χ3n) is 3.06. The van der Waals surface area contributed by atoms with Crippen LogP contribution >= 0.6 is 22.6 Å². The fourth-order valence-corrected chi connectivity index (χ4v) is 2.42. The highest BCUT2D eigenvalue weighted by atomic mass is 127. The summed E-state index contributed by atoms with van der Waals surface area (Å²) >= 11 is 2.14. The van der Waals surface area contributed by atoms with Crippen LogP contribution in [0.2, 0.25) is 0 Å². The van der Waals surface area contributed by atoms with E-state index >= 15 is 0 Å². The van der Waals surface area contributed by atoms with Gasteiger partial charge in [-0.3, -0.25) is 0 Å². The van der Waals surface area contributed by atoms with Gasteiger partial charge < -0.3 is 10.5 Å². The van der Waals surface area contributed by atoms with Gasteiger partial charge in [0.25, 0.3) is 0 Å². The Balaban J connectivity index is 2.55. The zero-order chi connectivity index (χ0) is 14.2. The van der Waals surface area contributed by atoms with Crippen LogP contribution in [0.15, 0.2) is 18.2 Å². The Labute approximate surface area is 124 Å². The standard InChI is InChI=1S/C13H15FIN3O/c1-7-12(15)13(16)18(17-7)8(2)11-9(14)5-4-6-10(11)19-3/h4-6,8H,16H2,1-3H3. The SMILES string of the molecule is COc1cccc(F)c1C(C)n1nc(C)c(I)c1N. The third-order valence-corrected chi connectivity index (χ3v) is 4.40. The predicted molar refractivity (Wildman–Crippen MR) is 80.9 cm³/mol. The fraction of sp³-hybridized carbons (Fsp3) is 0.308. The average molecular weight is 375 g/mol. The number of nitrogens with zero attached hydrogens (tertiary/aromatic N) is 2. The smallest absolute Gasteiger partial charge is 0.136 e. The van der Waals surface area contributed by atoms with Gasteiger partial charge in [0.05, 0.1) is 28.0 Å². The Hall–Kier alpha value is -1.31. The predicted octanol–water partition coefficient (Wildman–Crippen LogP) is 3.14. The van der Waals surface area contributed by atoms with Crippen molar-refractivity contribution in [1.82, 2.24) is 9.78 Å².